The number of ether oxygens (including phenoxy) is 3. The van der Waals surface area contributed by atoms with Crippen LogP contribution in [0.3, 0.4) is 0 Å². The molecule has 0 saturated carbocycles. The van der Waals surface area contributed by atoms with Crippen molar-refractivity contribution in [1.82, 2.24) is 15.1 Å². The monoisotopic (exact) mass is 369 g/mol. The van der Waals surface area contributed by atoms with Gasteiger partial charge < -0.3 is 29.3 Å². The summed E-state index contributed by atoms with van der Waals surface area (Å²) in [5, 5.41) is 3.34. The van der Waals surface area contributed by atoms with Gasteiger partial charge in [0.2, 0.25) is 5.91 Å². The minimum Gasteiger partial charge on any atom is -0.447 e. The van der Waals surface area contributed by atoms with Crippen LogP contribution in [0.4, 0.5) is 4.79 Å². The van der Waals surface area contributed by atoms with E-state index in [0.717, 1.165) is 51.6 Å². The third-order valence-electron chi connectivity index (χ3n) is 5.48. The number of nitrogens with one attached hydrogen (secondary N) is 1. The molecule has 0 radical (unpaired) electrons. The Morgan fingerprint density at radius 3 is 2.42 bits per heavy atom. The lowest BCUT2D eigenvalue weighted by Crippen LogP contribution is -2.47. The minimum atomic E-state index is -0.277. The van der Waals surface area contributed by atoms with E-state index in [2.05, 4.69) is 5.32 Å². The van der Waals surface area contributed by atoms with Crippen molar-refractivity contribution >= 4 is 12.0 Å². The van der Waals surface area contributed by atoms with Gasteiger partial charge in [-0.1, -0.05) is 0 Å². The molecule has 3 aliphatic rings. The molecule has 2 amide bonds. The quantitative estimate of drug-likeness (QED) is 0.751. The topological polar surface area (TPSA) is 80.3 Å². The fraction of sp³-hybridized carbons (Fsp3) is 0.889. The highest BCUT2D eigenvalue weighted by Gasteiger charge is 2.28. The lowest BCUT2D eigenvalue weighted by Gasteiger charge is -2.32. The summed E-state index contributed by atoms with van der Waals surface area (Å²) in [6, 6.07) is 0.284. The molecule has 0 aromatic heterocycles. The van der Waals surface area contributed by atoms with E-state index < -0.39 is 0 Å². The molecule has 1 N–H and O–H groups in total. The number of methoxy groups -OCH3 is 1. The summed E-state index contributed by atoms with van der Waals surface area (Å²) in [4.78, 5) is 27.9. The van der Waals surface area contributed by atoms with Crippen molar-refractivity contribution in [1.29, 1.82) is 0 Å². The molecule has 3 saturated heterocycles. The van der Waals surface area contributed by atoms with Gasteiger partial charge in [0.15, 0.2) is 6.29 Å². The predicted molar refractivity (Wildman–Crippen MR) is 94.7 cm³/mol. The average Bonchev–Trinajstić information content (AvgIpc) is 3.36. The van der Waals surface area contributed by atoms with Crippen molar-refractivity contribution in [3.63, 3.8) is 0 Å². The van der Waals surface area contributed by atoms with Gasteiger partial charge in [-0.25, -0.2) is 4.79 Å². The fourth-order valence-electron chi connectivity index (χ4n) is 3.80. The molecule has 0 bridgehead atoms. The first kappa shape index (κ1) is 19.4. The Morgan fingerprint density at radius 2 is 1.77 bits per heavy atom. The van der Waals surface area contributed by atoms with E-state index in [-0.39, 0.29) is 37.0 Å². The van der Waals surface area contributed by atoms with Crippen molar-refractivity contribution in [3.8, 4) is 0 Å². The van der Waals surface area contributed by atoms with Crippen LogP contribution in [0.5, 0.6) is 0 Å². The second kappa shape index (κ2) is 9.53. The van der Waals surface area contributed by atoms with E-state index in [9.17, 15) is 9.59 Å². The molecule has 148 valence electrons. The molecule has 3 rings (SSSR count). The molecule has 0 aromatic carbocycles. The molecule has 3 fully saturated rings. The average molecular weight is 369 g/mol. The van der Waals surface area contributed by atoms with Crippen molar-refractivity contribution in [2.45, 2.75) is 57.0 Å². The van der Waals surface area contributed by atoms with Gasteiger partial charge in [0, 0.05) is 45.8 Å². The number of rotatable bonds is 6. The molecule has 2 atom stereocenters. The number of piperidine rings is 1. The zero-order valence-electron chi connectivity index (χ0n) is 15.7. The predicted octanol–water partition coefficient (Wildman–Crippen LogP) is 0.951. The van der Waals surface area contributed by atoms with Gasteiger partial charge in [0.05, 0.1) is 12.6 Å². The molecule has 0 spiro atoms. The summed E-state index contributed by atoms with van der Waals surface area (Å²) in [5.74, 6) is 0.190. The van der Waals surface area contributed by atoms with Crippen LogP contribution in [-0.4, -0.2) is 86.7 Å². The molecule has 3 aliphatic heterocycles. The third kappa shape index (κ3) is 5.31. The van der Waals surface area contributed by atoms with Gasteiger partial charge in [-0.3, -0.25) is 4.79 Å². The SMILES string of the molecule is COC1CCC(COC(=O)N2CCC(NCC(=O)N3CCCC3)CC2)O1. The van der Waals surface area contributed by atoms with Crippen molar-refractivity contribution < 1.29 is 23.8 Å². The first-order valence-corrected chi connectivity index (χ1v) is 9.77. The van der Waals surface area contributed by atoms with Gasteiger partial charge in [0.1, 0.15) is 6.61 Å². The second-order valence-corrected chi connectivity index (χ2v) is 7.31. The number of hydrogen-bond donors (Lipinski definition) is 1. The highest BCUT2D eigenvalue weighted by Crippen LogP contribution is 2.20. The first-order chi connectivity index (χ1) is 12.7. The Bertz CT molecular complexity index is 475. The molecule has 2 unspecified atom stereocenters. The molecular formula is C18H31N3O5. The van der Waals surface area contributed by atoms with Crippen molar-refractivity contribution in [2.24, 2.45) is 0 Å². The summed E-state index contributed by atoms with van der Waals surface area (Å²) in [6.07, 6.45) is 5.08. The maximum absolute atomic E-state index is 12.2. The normalized spacial score (nSPS) is 27.1. The van der Waals surface area contributed by atoms with Crippen LogP contribution in [0.2, 0.25) is 0 Å². The van der Waals surface area contributed by atoms with Gasteiger partial charge >= 0.3 is 6.09 Å². The van der Waals surface area contributed by atoms with Crippen LogP contribution in [0.1, 0.15) is 38.5 Å². The molecule has 8 heteroatoms. The summed E-state index contributed by atoms with van der Waals surface area (Å²) in [7, 11) is 1.62. The van der Waals surface area contributed by atoms with E-state index in [0.29, 0.717) is 19.6 Å². The highest BCUT2D eigenvalue weighted by atomic mass is 16.7. The maximum Gasteiger partial charge on any atom is 0.409 e. The van der Waals surface area contributed by atoms with Gasteiger partial charge in [-0.05, 0) is 32.1 Å². The lowest BCUT2D eigenvalue weighted by molar-refractivity contribution is -0.129. The number of carbonyl (C=O) groups is 2. The Labute approximate surface area is 155 Å². The molecule has 0 aliphatic carbocycles. The number of carbonyl (C=O) groups excluding carboxylic acids is 2. The van der Waals surface area contributed by atoms with Crippen LogP contribution < -0.4 is 5.32 Å². The van der Waals surface area contributed by atoms with Crippen molar-refractivity contribution in [2.75, 3.05) is 46.4 Å². The standard InChI is InChI=1S/C18H31N3O5/c1-24-17-5-4-15(26-17)13-25-18(23)21-10-6-14(7-11-21)19-12-16(22)20-8-2-3-9-20/h14-15,17,19H,2-13H2,1H3. The smallest absolute Gasteiger partial charge is 0.409 e. The molecule has 8 nitrogen and oxygen atoms in total. The first-order valence-electron chi connectivity index (χ1n) is 9.77. The summed E-state index contributed by atoms with van der Waals surface area (Å²) in [5.41, 5.74) is 0. The number of nitrogens with zero attached hydrogens (tertiary/aromatic N) is 2. The van der Waals surface area contributed by atoms with Crippen LogP contribution in [0.25, 0.3) is 0 Å². The lowest BCUT2D eigenvalue weighted by atomic mass is 10.1. The largest absolute Gasteiger partial charge is 0.447 e. The summed E-state index contributed by atoms with van der Waals surface area (Å²) < 4.78 is 16.1. The van der Waals surface area contributed by atoms with Gasteiger partial charge in [-0.2, -0.15) is 0 Å². The maximum atomic E-state index is 12.2. The van der Waals surface area contributed by atoms with Crippen LogP contribution in [0.15, 0.2) is 0 Å². The van der Waals surface area contributed by atoms with E-state index in [1.165, 1.54) is 0 Å². The molecule has 0 aromatic rings. The number of likely N-dealkylation sites (tertiary alicyclic amines) is 2. The fourth-order valence-corrected chi connectivity index (χ4v) is 3.80. The molecule has 3 heterocycles. The number of amides is 2. The Balaban J connectivity index is 1.29. The van der Waals surface area contributed by atoms with Crippen molar-refractivity contribution in [3.05, 3.63) is 0 Å². The molecule has 26 heavy (non-hydrogen) atoms. The second-order valence-electron chi connectivity index (χ2n) is 7.31. The summed E-state index contributed by atoms with van der Waals surface area (Å²) >= 11 is 0. The third-order valence-corrected chi connectivity index (χ3v) is 5.48. The Morgan fingerprint density at radius 1 is 1.04 bits per heavy atom. The zero-order chi connectivity index (χ0) is 18.4. The Hall–Kier alpha value is -1.38. The molecular weight excluding hydrogens is 338 g/mol. The van der Waals surface area contributed by atoms with Crippen LogP contribution >= 0.6 is 0 Å². The Kier molecular flexibility index (Phi) is 7.10. The van der Waals surface area contributed by atoms with E-state index in [1.807, 2.05) is 4.90 Å². The van der Waals surface area contributed by atoms with Crippen LogP contribution in [0, 0.1) is 0 Å². The zero-order valence-corrected chi connectivity index (χ0v) is 15.7. The minimum absolute atomic E-state index is 0.0697. The summed E-state index contributed by atoms with van der Waals surface area (Å²) in [6.45, 7) is 3.76. The number of hydrogen-bond acceptors (Lipinski definition) is 6. The van der Waals surface area contributed by atoms with E-state index >= 15 is 0 Å². The van der Waals surface area contributed by atoms with E-state index in [4.69, 9.17) is 14.2 Å². The highest BCUT2D eigenvalue weighted by molar-refractivity contribution is 5.78. The van der Waals surface area contributed by atoms with E-state index in [1.54, 1.807) is 12.0 Å². The van der Waals surface area contributed by atoms with Gasteiger partial charge in [-0.15, -0.1) is 0 Å². The van der Waals surface area contributed by atoms with Crippen LogP contribution in [-0.2, 0) is 19.0 Å². The van der Waals surface area contributed by atoms with Gasteiger partial charge in [0.25, 0.3) is 0 Å².